The van der Waals surface area contributed by atoms with Crippen molar-refractivity contribution in [2.75, 3.05) is 17.7 Å². The lowest BCUT2D eigenvalue weighted by atomic mass is 10.1. The molecule has 0 aliphatic carbocycles. The molecule has 1 aliphatic rings. The van der Waals surface area contributed by atoms with Gasteiger partial charge in [0.25, 0.3) is 11.8 Å². The van der Waals surface area contributed by atoms with Crippen molar-refractivity contribution in [2.24, 2.45) is 0 Å². The summed E-state index contributed by atoms with van der Waals surface area (Å²) in [7, 11) is -3.60. The molecule has 1 aliphatic heterocycles. The van der Waals surface area contributed by atoms with Crippen LogP contribution in [-0.2, 0) is 9.84 Å². The van der Waals surface area contributed by atoms with Gasteiger partial charge in [0.1, 0.15) is 9.84 Å². The lowest BCUT2D eigenvalue weighted by Crippen LogP contribution is -2.37. The van der Waals surface area contributed by atoms with Gasteiger partial charge in [-0.2, -0.15) is 0 Å². The fourth-order valence-corrected chi connectivity index (χ4v) is 3.88. The number of nitrogen functional groups attached to an aromatic ring is 1. The Morgan fingerprint density at radius 2 is 1.77 bits per heavy atom. The van der Waals surface area contributed by atoms with Crippen molar-refractivity contribution in [2.45, 2.75) is 6.04 Å². The summed E-state index contributed by atoms with van der Waals surface area (Å²) in [5.74, 6) is -2.80. The number of aromatic hydroxyl groups is 2. The minimum Gasteiger partial charge on any atom is -0.504 e. The molecule has 2 aromatic carbocycles. The first-order chi connectivity index (χ1) is 12.1. The predicted octanol–water partition coefficient (Wildman–Crippen LogP) is 1.06. The standard InChI is InChI=1S/C17H16N2O6S/c1-26(24,25)8-12(9-5-6-13(20)14(21)7-9)19-16(22)10-3-2-4-11(18)15(10)17(19)23/h2-7,12,20-21H,8,18H2,1H3/t12-/m0/s1. The second-order valence-electron chi connectivity index (χ2n) is 6.11. The van der Waals surface area contributed by atoms with Gasteiger partial charge in [-0.05, 0) is 29.8 Å². The Bertz CT molecular complexity index is 1030. The Balaban J connectivity index is 2.14. The van der Waals surface area contributed by atoms with E-state index in [1.165, 1.54) is 24.3 Å². The number of phenolic OH excluding ortho intramolecular Hbond substituents is 2. The van der Waals surface area contributed by atoms with Gasteiger partial charge in [0.15, 0.2) is 11.5 Å². The molecule has 0 fully saturated rings. The SMILES string of the molecule is CS(=O)(=O)C[C@@H](c1ccc(O)c(O)c1)N1C(=O)c2cccc(N)c2C1=O. The molecular weight excluding hydrogens is 360 g/mol. The third-order valence-corrected chi connectivity index (χ3v) is 5.06. The van der Waals surface area contributed by atoms with E-state index in [0.29, 0.717) is 0 Å². The number of nitrogens with zero attached hydrogens (tertiary/aromatic N) is 1. The summed E-state index contributed by atoms with van der Waals surface area (Å²) in [6, 6.07) is 6.90. The predicted molar refractivity (Wildman–Crippen MR) is 93.6 cm³/mol. The number of hydrogen-bond donors (Lipinski definition) is 3. The largest absolute Gasteiger partial charge is 0.504 e. The Hall–Kier alpha value is -3.07. The van der Waals surface area contributed by atoms with Crippen molar-refractivity contribution in [3.63, 3.8) is 0 Å². The zero-order valence-corrected chi connectivity index (χ0v) is 14.5. The van der Waals surface area contributed by atoms with Crippen LogP contribution in [0, 0.1) is 0 Å². The highest BCUT2D eigenvalue weighted by Crippen LogP contribution is 2.37. The second kappa shape index (κ2) is 6.03. The van der Waals surface area contributed by atoms with Crippen LogP contribution in [0.2, 0.25) is 0 Å². The third kappa shape index (κ3) is 2.97. The summed E-state index contributed by atoms with van der Waals surface area (Å²) < 4.78 is 23.8. The monoisotopic (exact) mass is 376 g/mol. The molecule has 1 heterocycles. The van der Waals surface area contributed by atoms with Gasteiger partial charge in [-0.25, -0.2) is 8.42 Å². The summed E-state index contributed by atoms with van der Waals surface area (Å²) in [6.45, 7) is 0. The molecule has 0 unspecified atom stereocenters. The highest BCUT2D eigenvalue weighted by Gasteiger charge is 2.42. The molecule has 4 N–H and O–H groups in total. The number of rotatable bonds is 4. The minimum atomic E-state index is -3.60. The maximum absolute atomic E-state index is 12.8. The van der Waals surface area contributed by atoms with E-state index in [-0.39, 0.29) is 22.4 Å². The zero-order chi connectivity index (χ0) is 19.2. The molecule has 9 heteroatoms. The van der Waals surface area contributed by atoms with Gasteiger partial charge < -0.3 is 15.9 Å². The molecule has 1 atom stereocenters. The average Bonchev–Trinajstić information content (AvgIpc) is 2.80. The number of phenols is 2. The molecule has 0 bridgehead atoms. The van der Waals surface area contributed by atoms with Gasteiger partial charge in [0.05, 0.1) is 22.9 Å². The Morgan fingerprint density at radius 3 is 2.35 bits per heavy atom. The van der Waals surface area contributed by atoms with E-state index < -0.39 is 44.9 Å². The highest BCUT2D eigenvalue weighted by atomic mass is 32.2. The summed E-state index contributed by atoms with van der Waals surface area (Å²) >= 11 is 0. The molecule has 0 spiro atoms. The van der Waals surface area contributed by atoms with Crippen LogP contribution < -0.4 is 5.73 Å². The summed E-state index contributed by atoms with van der Waals surface area (Å²) in [5, 5.41) is 19.2. The molecule has 2 amide bonds. The third-order valence-electron chi connectivity index (χ3n) is 4.14. The molecular formula is C17H16N2O6S. The van der Waals surface area contributed by atoms with Crippen LogP contribution in [0.25, 0.3) is 0 Å². The lowest BCUT2D eigenvalue weighted by molar-refractivity contribution is 0.0598. The number of hydrogen-bond acceptors (Lipinski definition) is 7. The summed E-state index contributed by atoms with van der Waals surface area (Å²) in [5.41, 5.74) is 6.24. The van der Waals surface area contributed by atoms with E-state index >= 15 is 0 Å². The van der Waals surface area contributed by atoms with Crippen molar-refractivity contribution in [1.82, 2.24) is 4.90 Å². The number of carbonyl (C=O) groups is 2. The lowest BCUT2D eigenvalue weighted by Gasteiger charge is -2.26. The van der Waals surface area contributed by atoms with E-state index in [1.54, 1.807) is 0 Å². The molecule has 0 aromatic heterocycles. The highest BCUT2D eigenvalue weighted by molar-refractivity contribution is 7.90. The average molecular weight is 376 g/mol. The van der Waals surface area contributed by atoms with E-state index in [9.17, 15) is 28.2 Å². The van der Waals surface area contributed by atoms with Crippen LogP contribution in [0.15, 0.2) is 36.4 Å². The zero-order valence-electron chi connectivity index (χ0n) is 13.7. The molecule has 3 rings (SSSR count). The number of fused-ring (bicyclic) bond motifs is 1. The van der Waals surface area contributed by atoms with Gasteiger partial charge in [0.2, 0.25) is 0 Å². The van der Waals surface area contributed by atoms with Crippen LogP contribution in [-0.4, -0.2) is 47.4 Å². The van der Waals surface area contributed by atoms with Crippen LogP contribution in [0.4, 0.5) is 5.69 Å². The number of amides is 2. The molecule has 26 heavy (non-hydrogen) atoms. The maximum atomic E-state index is 12.8. The van der Waals surface area contributed by atoms with E-state index in [4.69, 9.17) is 5.73 Å². The first kappa shape index (κ1) is 17.7. The summed E-state index contributed by atoms with van der Waals surface area (Å²) in [6.07, 6.45) is 0.979. The fraction of sp³-hybridized carbons (Fsp3) is 0.176. The van der Waals surface area contributed by atoms with Crippen LogP contribution >= 0.6 is 0 Å². The first-order valence-electron chi connectivity index (χ1n) is 7.56. The van der Waals surface area contributed by atoms with Gasteiger partial charge in [-0.3, -0.25) is 14.5 Å². The molecule has 136 valence electrons. The first-order valence-corrected chi connectivity index (χ1v) is 9.62. The van der Waals surface area contributed by atoms with Crippen LogP contribution in [0.5, 0.6) is 11.5 Å². The van der Waals surface area contributed by atoms with Crippen molar-refractivity contribution < 1.29 is 28.2 Å². The Labute approximate surface area is 149 Å². The van der Waals surface area contributed by atoms with Gasteiger partial charge in [-0.1, -0.05) is 12.1 Å². The number of nitrogens with two attached hydrogens (primary N) is 1. The van der Waals surface area contributed by atoms with Crippen molar-refractivity contribution in [3.8, 4) is 11.5 Å². The van der Waals surface area contributed by atoms with Crippen molar-refractivity contribution in [1.29, 1.82) is 0 Å². The second-order valence-corrected chi connectivity index (χ2v) is 8.29. The van der Waals surface area contributed by atoms with E-state index in [0.717, 1.165) is 23.3 Å². The van der Waals surface area contributed by atoms with Gasteiger partial charge in [0, 0.05) is 11.9 Å². The fourth-order valence-electron chi connectivity index (χ4n) is 2.97. The quantitative estimate of drug-likeness (QED) is 0.412. The molecule has 0 saturated heterocycles. The number of benzene rings is 2. The number of anilines is 1. The topological polar surface area (TPSA) is 138 Å². The molecule has 0 saturated carbocycles. The molecule has 8 nitrogen and oxygen atoms in total. The van der Waals surface area contributed by atoms with Crippen molar-refractivity contribution in [3.05, 3.63) is 53.1 Å². The van der Waals surface area contributed by atoms with Crippen LogP contribution in [0.3, 0.4) is 0 Å². The number of imide groups is 1. The number of carbonyl (C=O) groups excluding carboxylic acids is 2. The van der Waals surface area contributed by atoms with Gasteiger partial charge >= 0.3 is 0 Å². The van der Waals surface area contributed by atoms with Gasteiger partial charge in [-0.15, -0.1) is 0 Å². The molecule has 0 radical (unpaired) electrons. The molecule has 2 aromatic rings. The van der Waals surface area contributed by atoms with Crippen LogP contribution in [0.1, 0.15) is 32.3 Å². The van der Waals surface area contributed by atoms with Crippen molar-refractivity contribution >= 4 is 27.3 Å². The van der Waals surface area contributed by atoms with E-state index in [1.807, 2.05) is 0 Å². The maximum Gasteiger partial charge on any atom is 0.264 e. The minimum absolute atomic E-state index is 0.0269. The van der Waals surface area contributed by atoms with E-state index in [2.05, 4.69) is 0 Å². The Kier molecular flexibility index (Phi) is 4.11. The number of sulfone groups is 1. The Morgan fingerprint density at radius 1 is 1.08 bits per heavy atom. The smallest absolute Gasteiger partial charge is 0.264 e. The summed E-state index contributed by atoms with van der Waals surface area (Å²) in [4.78, 5) is 26.4. The normalized spacial score (nSPS) is 15.2.